The molecule has 28 heavy (non-hydrogen) atoms. The van der Waals surface area contributed by atoms with E-state index >= 15 is 0 Å². The van der Waals surface area contributed by atoms with Gasteiger partial charge in [0.15, 0.2) is 11.6 Å². The maximum absolute atomic E-state index is 12.4. The summed E-state index contributed by atoms with van der Waals surface area (Å²) in [6, 6.07) is 13.1. The summed E-state index contributed by atoms with van der Waals surface area (Å²) in [6.45, 7) is 1.76. The fraction of sp³-hybridized carbons (Fsp3) is 0.350. The summed E-state index contributed by atoms with van der Waals surface area (Å²) < 4.78 is 5.27. The molecule has 0 radical (unpaired) electrons. The Morgan fingerprint density at radius 3 is 2.79 bits per heavy atom. The molecule has 0 saturated carbocycles. The van der Waals surface area contributed by atoms with E-state index in [2.05, 4.69) is 20.7 Å². The lowest BCUT2D eigenvalue weighted by Gasteiger charge is -2.35. The molecule has 0 unspecified atom stereocenters. The van der Waals surface area contributed by atoms with Crippen LogP contribution in [0, 0.1) is 0 Å². The minimum absolute atomic E-state index is 0.0661. The fourth-order valence-electron chi connectivity index (χ4n) is 3.42. The second-order valence-corrected chi connectivity index (χ2v) is 6.85. The third-order valence-corrected chi connectivity index (χ3v) is 4.95. The summed E-state index contributed by atoms with van der Waals surface area (Å²) in [4.78, 5) is 29.3. The summed E-state index contributed by atoms with van der Waals surface area (Å²) in [5, 5.41) is 2.91. The molecule has 146 valence electrons. The number of rotatable bonds is 5. The molecule has 2 aromatic rings. The van der Waals surface area contributed by atoms with Crippen molar-refractivity contribution in [1.82, 2.24) is 15.4 Å². The van der Waals surface area contributed by atoms with Gasteiger partial charge in [0, 0.05) is 32.1 Å². The molecule has 2 aliphatic heterocycles. The number of aromatic nitrogens is 1. The van der Waals surface area contributed by atoms with Crippen molar-refractivity contribution >= 4 is 17.4 Å². The first-order valence-electron chi connectivity index (χ1n) is 9.28. The Labute approximate surface area is 163 Å². The number of benzene rings is 1. The predicted molar refractivity (Wildman–Crippen MR) is 105 cm³/mol. The second kappa shape index (κ2) is 7.95. The third-order valence-electron chi connectivity index (χ3n) is 4.95. The summed E-state index contributed by atoms with van der Waals surface area (Å²) in [7, 11) is 1.59. The highest BCUT2D eigenvalue weighted by Gasteiger charge is 2.40. The summed E-state index contributed by atoms with van der Waals surface area (Å²) in [6.07, 6.45) is 3.14. The standard InChI is InChI=1S/C20H23N5O3/c1-27-17-8-3-2-6-15(17)22-18(26)14-25-12-9-20(10-13-25)23-19(24-28-20)16-7-4-5-11-21-16/h2-8,11H,9-10,12-14H2,1H3,(H,22,26)(H,23,24). The van der Waals surface area contributed by atoms with Crippen LogP contribution in [0.1, 0.15) is 18.5 Å². The Hall–Kier alpha value is -2.97. The van der Waals surface area contributed by atoms with E-state index in [-0.39, 0.29) is 5.91 Å². The molecule has 1 fully saturated rings. The van der Waals surface area contributed by atoms with Crippen LogP contribution in [0.3, 0.4) is 0 Å². The number of para-hydroxylation sites is 2. The van der Waals surface area contributed by atoms with Gasteiger partial charge in [-0.3, -0.25) is 14.7 Å². The molecule has 1 spiro atoms. The molecule has 8 nitrogen and oxygen atoms in total. The molecule has 1 saturated heterocycles. The molecular formula is C20H23N5O3. The second-order valence-electron chi connectivity index (χ2n) is 6.85. The van der Waals surface area contributed by atoms with Crippen LogP contribution in [0.15, 0.2) is 53.7 Å². The number of ether oxygens (including phenoxy) is 1. The van der Waals surface area contributed by atoms with Gasteiger partial charge in [0.05, 0.1) is 19.3 Å². The van der Waals surface area contributed by atoms with Gasteiger partial charge >= 0.3 is 0 Å². The van der Waals surface area contributed by atoms with Gasteiger partial charge in [-0.15, -0.1) is 0 Å². The van der Waals surface area contributed by atoms with E-state index in [0.29, 0.717) is 36.7 Å². The number of likely N-dealkylation sites (tertiary alicyclic amines) is 1. The Morgan fingerprint density at radius 1 is 1.25 bits per heavy atom. The highest BCUT2D eigenvalue weighted by Crippen LogP contribution is 2.31. The van der Waals surface area contributed by atoms with Crippen molar-refractivity contribution in [1.29, 1.82) is 0 Å². The lowest BCUT2D eigenvalue weighted by molar-refractivity contribution is -0.120. The van der Waals surface area contributed by atoms with E-state index in [4.69, 9.17) is 14.6 Å². The smallest absolute Gasteiger partial charge is 0.238 e. The van der Waals surface area contributed by atoms with E-state index in [9.17, 15) is 4.79 Å². The van der Waals surface area contributed by atoms with E-state index in [1.165, 1.54) is 0 Å². The SMILES string of the molecule is COc1ccccc1NC(=O)CN1CCC2(CC1)N=C(c1ccccn1)NO2. The van der Waals surface area contributed by atoms with Crippen molar-refractivity contribution in [3.05, 3.63) is 54.4 Å². The number of methoxy groups -OCH3 is 1. The van der Waals surface area contributed by atoms with Gasteiger partial charge in [0.2, 0.25) is 5.91 Å². The van der Waals surface area contributed by atoms with Gasteiger partial charge in [-0.25, -0.2) is 15.3 Å². The quantitative estimate of drug-likeness (QED) is 0.821. The lowest BCUT2D eigenvalue weighted by atomic mass is 10.0. The normalized spacial score (nSPS) is 18.4. The summed E-state index contributed by atoms with van der Waals surface area (Å²) >= 11 is 0. The summed E-state index contributed by atoms with van der Waals surface area (Å²) in [5.41, 5.74) is 3.77. The first kappa shape index (κ1) is 18.4. The van der Waals surface area contributed by atoms with Crippen LogP contribution in [-0.2, 0) is 9.63 Å². The van der Waals surface area contributed by atoms with Gasteiger partial charge in [-0.05, 0) is 24.3 Å². The zero-order chi connectivity index (χ0) is 19.4. The Kier molecular flexibility index (Phi) is 5.23. The van der Waals surface area contributed by atoms with Gasteiger partial charge in [0.25, 0.3) is 0 Å². The van der Waals surface area contributed by atoms with Crippen molar-refractivity contribution < 1.29 is 14.4 Å². The Balaban J connectivity index is 1.32. The summed E-state index contributed by atoms with van der Waals surface area (Å²) in [5.74, 6) is 1.24. The topological polar surface area (TPSA) is 88.1 Å². The molecule has 2 aliphatic rings. The van der Waals surface area contributed by atoms with E-state index in [1.807, 2.05) is 42.5 Å². The maximum atomic E-state index is 12.4. The largest absolute Gasteiger partial charge is 0.495 e. The van der Waals surface area contributed by atoms with Crippen LogP contribution < -0.4 is 15.5 Å². The van der Waals surface area contributed by atoms with Gasteiger partial charge in [0.1, 0.15) is 11.4 Å². The number of pyridine rings is 1. The van der Waals surface area contributed by atoms with Crippen LogP contribution in [0.25, 0.3) is 0 Å². The minimum Gasteiger partial charge on any atom is -0.495 e. The number of carbonyl (C=O) groups is 1. The highest BCUT2D eigenvalue weighted by molar-refractivity contribution is 5.97. The van der Waals surface area contributed by atoms with Crippen molar-refractivity contribution in [3.63, 3.8) is 0 Å². The fourth-order valence-corrected chi connectivity index (χ4v) is 3.42. The van der Waals surface area contributed by atoms with Crippen molar-refractivity contribution in [2.24, 2.45) is 4.99 Å². The van der Waals surface area contributed by atoms with Crippen molar-refractivity contribution in [2.45, 2.75) is 18.6 Å². The number of carbonyl (C=O) groups excluding carboxylic acids is 1. The highest BCUT2D eigenvalue weighted by atomic mass is 16.7. The Bertz CT molecular complexity index is 863. The number of aliphatic imine (C=N–C) groups is 1. The van der Waals surface area contributed by atoms with E-state index in [1.54, 1.807) is 13.3 Å². The predicted octanol–water partition coefficient (Wildman–Crippen LogP) is 1.80. The molecule has 8 heteroatoms. The number of nitrogens with zero attached hydrogens (tertiary/aromatic N) is 3. The van der Waals surface area contributed by atoms with E-state index in [0.717, 1.165) is 18.8 Å². The van der Waals surface area contributed by atoms with Gasteiger partial charge in [-0.2, -0.15) is 0 Å². The minimum atomic E-state index is -0.581. The zero-order valence-electron chi connectivity index (χ0n) is 15.7. The number of piperidine rings is 1. The number of amidine groups is 1. The first-order valence-corrected chi connectivity index (χ1v) is 9.28. The number of nitrogens with one attached hydrogen (secondary N) is 2. The van der Waals surface area contributed by atoms with Crippen LogP contribution in [0.5, 0.6) is 5.75 Å². The zero-order valence-corrected chi connectivity index (χ0v) is 15.7. The molecule has 1 amide bonds. The average Bonchev–Trinajstić information content (AvgIpc) is 3.15. The number of anilines is 1. The first-order chi connectivity index (χ1) is 13.7. The van der Waals surface area contributed by atoms with Gasteiger partial charge in [-0.1, -0.05) is 18.2 Å². The monoisotopic (exact) mass is 381 g/mol. The molecule has 4 rings (SSSR count). The molecule has 1 aromatic heterocycles. The molecule has 3 heterocycles. The van der Waals surface area contributed by atoms with Crippen molar-refractivity contribution in [2.75, 3.05) is 32.1 Å². The molecule has 0 atom stereocenters. The van der Waals surface area contributed by atoms with Crippen LogP contribution >= 0.6 is 0 Å². The number of hydroxylamine groups is 1. The van der Waals surface area contributed by atoms with Crippen LogP contribution in [0.2, 0.25) is 0 Å². The van der Waals surface area contributed by atoms with Crippen LogP contribution in [-0.4, -0.2) is 54.1 Å². The Morgan fingerprint density at radius 2 is 2.04 bits per heavy atom. The average molecular weight is 381 g/mol. The van der Waals surface area contributed by atoms with Crippen molar-refractivity contribution in [3.8, 4) is 5.75 Å². The van der Waals surface area contributed by atoms with Crippen LogP contribution in [0.4, 0.5) is 5.69 Å². The number of hydrogen-bond donors (Lipinski definition) is 2. The molecule has 2 N–H and O–H groups in total. The lowest BCUT2D eigenvalue weighted by Crippen LogP contribution is -2.46. The number of hydrogen-bond acceptors (Lipinski definition) is 7. The molecule has 1 aromatic carbocycles. The third kappa shape index (κ3) is 3.97. The maximum Gasteiger partial charge on any atom is 0.238 e. The van der Waals surface area contributed by atoms with E-state index < -0.39 is 5.72 Å². The molecule has 0 bridgehead atoms. The molecular weight excluding hydrogens is 358 g/mol. The number of amides is 1. The molecule has 0 aliphatic carbocycles. The van der Waals surface area contributed by atoms with Gasteiger partial charge < -0.3 is 10.1 Å².